The molecule has 5 aromatic rings. The molecular formula is C27H25N5O5S. The van der Waals surface area contributed by atoms with Gasteiger partial charge in [0.2, 0.25) is 11.8 Å². The van der Waals surface area contributed by atoms with Gasteiger partial charge in [0.25, 0.3) is 0 Å². The molecule has 0 aliphatic heterocycles. The van der Waals surface area contributed by atoms with E-state index in [0.717, 1.165) is 48.0 Å². The number of thiazole rings is 1. The van der Waals surface area contributed by atoms with Gasteiger partial charge < -0.3 is 19.0 Å². The summed E-state index contributed by atoms with van der Waals surface area (Å²) < 4.78 is 16.5. The summed E-state index contributed by atoms with van der Waals surface area (Å²) in [7, 11) is 3.09. The molecule has 3 heterocycles. The van der Waals surface area contributed by atoms with Crippen LogP contribution in [0.2, 0.25) is 0 Å². The van der Waals surface area contributed by atoms with Gasteiger partial charge in [0.1, 0.15) is 10.7 Å². The van der Waals surface area contributed by atoms with E-state index in [-0.39, 0.29) is 6.61 Å². The number of nitrogens with zero attached hydrogens (tertiary/aromatic N) is 5. The predicted molar refractivity (Wildman–Crippen MR) is 145 cm³/mol. The highest BCUT2D eigenvalue weighted by molar-refractivity contribution is 7.21. The normalized spacial score (nSPS) is 11.0. The second-order valence-corrected chi connectivity index (χ2v) is 9.37. The summed E-state index contributed by atoms with van der Waals surface area (Å²) in [6.07, 6.45) is 2.41. The van der Waals surface area contributed by atoms with E-state index in [1.54, 1.807) is 32.4 Å². The molecule has 11 heteroatoms. The lowest BCUT2D eigenvalue weighted by Crippen LogP contribution is -2.35. The number of hydrogen-bond donors (Lipinski definition) is 0. The lowest BCUT2D eigenvalue weighted by molar-refractivity contribution is 0.131. The number of amides is 1. The Labute approximate surface area is 222 Å². The Balaban J connectivity index is 1.54. The molecule has 0 radical (unpaired) electrons. The van der Waals surface area contributed by atoms with Crippen molar-refractivity contribution in [3.05, 3.63) is 59.9 Å². The first kappa shape index (κ1) is 25.2. The van der Waals surface area contributed by atoms with Gasteiger partial charge in [0.05, 0.1) is 54.5 Å². The van der Waals surface area contributed by atoms with Crippen molar-refractivity contribution in [3.8, 4) is 28.1 Å². The van der Waals surface area contributed by atoms with Gasteiger partial charge in [-0.15, -0.1) is 16.4 Å². The summed E-state index contributed by atoms with van der Waals surface area (Å²) in [5, 5.41) is 1.87. The van der Waals surface area contributed by atoms with Gasteiger partial charge in [0, 0.05) is 17.7 Å². The van der Waals surface area contributed by atoms with Crippen LogP contribution in [0.5, 0.6) is 17.5 Å². The molecule has 3 aromatic heterocycles. The molecule has 0 unspecified atom stereocenters. The fourth-order valence-corrected chi connectivity index (χ4v) is 5.03. The van der Waals surface area contributed by atoms with Crippen LogP contribution < -0.4 is 19.4 Å². The van der Waals surface area contributed by atoms with Crippen molar-refractivity contribution in [2.45, 2.75) is 20.8 Å². The van der Waals surface area contributed by atoms with Crippen molar-refractivity contribution < 1.29 is 23.8 Å². The molecule has 5 rings (SSSR count). The van der Waals surface area contributed by atoms with Gasteiger partial charge in [-0.25, -0.2) is 24.7 Å². The Kier molecular flexibility index (Phi) is 6.93. The molecule has 38 heavy (non-hydrogen) atoms. The lowest BCUT2D eigenvalue weighted by Gasteiger charge is -2.21. The minimum Gasteiger partial charge on any atom is -0.481 e. The van der Waals surface area contributed by atoms with E-state index < -0.39 is 6.09 Å². The van der Waals surface area contributed by atoms with Crippen molar-refractivity contribution in [2.24, 2.45) is 0 Å². The maximum atomic E-state index is 12.7. The largest absolute Gasteiger partial charge is 0.481 e. The molecule has 2 aromatic carbocycles. The van der Waals surface area contributed by atoms with E-state index in [1.807, 2.05) is 38.1 Å². The summed E-state index contributed by atoms with van der Waals surface area (Å²) in [4.78, 5) is 37.0. The molecule has 0 aliphatic carbocycles. The van der Waals surface area contributed by atoms with E-state index in [4.69, 9.17) is 24.0 Å². The summed E-state index contributed by atoms with van der Waals surface area (Å²) in [5.74, 6) is 1.32. The number of hydroxylamine groups is 1. The first-order chi connectivity index (χ1) is 18.4. The Bertz CT molecular complexity index is 1640. The number of carbonyl (C=O) groups is 1. The number of fused-ring (bicyclic) bond motifs is 2. The molecule has 0 saturated carbocycles. The average molecular weight is 532 g/mol. The smallest absolute Gasteiger partial charge is 0.448 e. The topological polar surface area (TPSA) is 109 Å². The van der Waals surface area contributed by atoms with Crippen LogP contribution in [0.1, 0.15) is 18.1 Å². The van der Waals surface area contributed by atoms with Crippen LogP contribution in [0, 0.1) is 13.8 Å². The van der Waals surface area contributed by atoms with E-state index in [0.29, 0.717) is 23.2 Å². The number of aromatic nitrogens is 4. The predicted octanol–water partition coefficient (Wildman–Crippen LogP) is 5.89. The first-order valence-electron chi connectivity index (χ1n) is 11.8. The van der Waals surface area contributed by atoms with Crippen LogP contribution in [-0.4, -0.2) is 46.9 Å². The zero-order valence-electron chi connectivity index (χ0n) is 21.5. The molecule has 0 spiro atoms. The van der Waals surface area contributed by atoms with Crippen molar-refractivity contribution in [2.75, 3.05) is 25.9 Å². The second-order valence-electron chi connectivity index (χ2n) is 8.34. The van der Waals surface area contributed by atoms with Crippen molar-refractivity contribution >= 4 is 44.4 Å². The number of rotatable bonds is 7. The highest BCUT2D eigenvalue weighted by Gasteiger charge is 2.22. The van der Waals surface area contributed by atoms with E-state index in [1.165, 1.54) is 24.6 Å². The summed E-state index contributed by atoms with van der Waals surface area (Å²) in [6, 6.07) is 11.0. The maximum Gasteiger partial charge on any atom is 0.448 e. The molecule has 0 bridgehead atoms. The van der Waals surface area contributed by atoms with Crippen molar-refractivity contribution in [3.63, 3.8) is 0 Å². The second kappa shape index (κ2) is 10.5. The number of aryl methyl sites for hydroxylation is 2. The van der Waals surface area contributed by atoms with Crippen LogP contribution in [0.4, 0.5) is 10.5 Å². The van der Waals surface area contributed by atoms with Crippen LogP contribution in [0.3, 0.4) is 0 Å². The third-order valence-electron chi connectivity index (χ3n) is 5.66. The van der Waals surface area contributed by atoms with Crippen LogP contribution >= 0.6 is 11.3 Å². The van der Waals surface area contributed by atoms with Gasteiger partial charge in [-0.2, -0.15) is 0 Å². The van der Waals surface area contributed by atoms with E-state index >= 15 is 0 Å². The van der Waals surface area contributed by atoms with Gasteiger partial charge >= 0.3 is 6.09 Å². The molecule has 1 amide bonds. The first-order valence-corrected chi connectivity index (χ1v) is 12.6. The summed E-state index contributed by atoms with van der Waals surface area (Å²) in [5.41, 5.74) is 5.52. The molecule has 10 nitrogen and oxygen atoms in total. The highest BCUT2D eigenvalue weighted by Crippen LogP contribution is 2.37. The number of carbonyl (C=O) groups excluding carboxylic acids is 1. The quantitative estimate of drug-likeness (QED) is 0.237. The Morgan fingerprint density at radius 2 is 1.76 bits per heavy atom. The van der Waals surface area contributed by atoms with Crippen LogP contribution in [-0.2, 0) is 4.74 Å². The number of ether oxygens (including phenoxy) is 3. The third kappa shape index (κ3) is 4.88. The molecule has 0 N–H and O–H groups in total. The minimum atomic E-state index is -0.664. The molecule has 0 atom stereocenters. The molecule has 0 fully saturated rings. The summed E-state index contributed by atoms with van der Waals surface area (Å²) in [6.45, 7) is 5.87. The average Bonchev–Trinajstić information content (AvgIpc) is 3.36. The standard InChI is InChI=1S/C27H25N5O5S/c1-6-36-27(33)32(17-7-8-22(34-4)28-13-17)37-18-11-16(3)24-21(12-18)38-26(31-24)19-9-15(2)10-20-25(19)29-14-23(30-20)35-5/h7-14H,6H2,1-5H3. The maximum absolute atomic E-state index is 12.7. The zero-order valence-corrected chi connectivity index (χ0v) is 22.3. The SMILES string of the molecule is CCOC(=O)N(Oc1cc(C)c2nc(-c3cc(C)cc4nc(OC)cnc34)sc2c1)c1ccc(OC)nc1. The van der Waals surface area contributed by atoms with Gasteiger partial charge in [-0.3, -0.25) is 0 Å². The van der Waals surface area contributed by atoms with Gasteiger partial charge in [-0.05, 0) is 56.2 Å². The molecule has 194 valence electrons. The van der Waals surface area contributed by atoms with Crippen LogP contribution in [0.25, 0.3) is 31.8 Å². The van der Waals surface area contributed by atoms with E-state index in [2.05, 4.69) is 15.0 Å². The Morgan fingerprint density at radius 1 is 0.947 bits per heavy atom. The fourth-order valence-electron chi connectivity index (χ4n) is 3.94. The van der Waals surface area contributed by atoms with E-state index in [9.17, 15) is 4.79 Å². The van der Waals surface area contributed by atoms with Gasteiger partial charge in [0.15, 0.2) is 5.75 Å². The number of benzene rings is 2. The Hall–Kier alpha value is -4.51. The zero-order chi connectivity index (χ0) is 26.8. The Morgan fingerprint density at radius 3 is 2.47 bits per heavy atom. The third-order valence-corrected chi connectivity index (χ3v) is 6.70. The molecule has 0 saturated heterocycles. The number of methoxy groups -OCH3 is 2. The fraction of sp³-hybridized carbons (Fsp3) is 0.222. The highest BCUT2D eigenvalue weighted by atomic mass is 32.1. The number of hydrogen-bond acceptors (Lipinski definition) is 10. The number of anilines is 1. The number of pyridine rings is 1. The van der Waals surface area contributed by atoms with Crippen molar-refractivity contribution in [1.82, 2.24) is 19.9 Å². The molecule has 0 aliphatic rings. The summed E-state index contributed by atoms with van der Waals surface area (Å²) >= 11 is 1.50. The minimum absolute atomic E-state index is 0.192. The lowest BCUT2D eigenvalue weighted by atomic mass is 10.1. The van der Waals surface area contributed by atoms with Crippen molar-refractivity contribution in [1.29, 1.82) is 0 Å². The molecular weight excluding hydrogens is 506 g/mol. The van der Waals surface area contributed by atoms with Crippen LogP contribution in [0.15, 0.2) is 48.8 Å². The van der Waals surface area contributed by atoms with Gasteiger partial charge in [-0.1, -0.05) is 0 Å². The monoisotopic (exact) mass is 531 g/mol.